The number of halogens is 1. The number of benzene rings is 1. The summed E-state index contributed by atoms with van der Waals surface area (Å²) < 4.78 is 6.40. The molecular weight excluding hydrogens is 280 g/mol. The largest absolute Gasteiger partial charge is 0.492 e. The molecule has 0 saturated carbocycles. The van der Waals surface area contributed by atoms with Gasteiger partial charge < -0.3 is 4.74 Å². The Balaban J connectivity index is 2.70. The Hall–Kier alpha value is -0.830. The minimum atomic E-state index is 0.203. The summed E-state index contributed by atoms with van der Waals surface area (Å²) in [6.07, 6.45) is 3.59. The average Bonchev–Trinajstić information content (AvgIpc) is 2.34. The predicted octanol–water partition coefficient (Wildman–Crippen LogP) is 4.61. The van der Waals surface area contributed by atoms with Gasteiger partial charge in [-0.2, -0.15) is 0 Å². The molecule has 0 spiro atoms. The van der Waals surface area contributed by atoms with Crippen molar-refractivity contribution in [3.8, 4) is 5.75 Å². The summed E-state index contributed by atoms with van der Waals surface area (Å²) in [7, 11) is 0. The molecule has 0 unspecified atom stereocenters. The first kappa shape index (κ1) is 14.2. The number of rotatable bonds is 7. The van der Waals surface area contributed by atoms with Crippen molar-refractivity contribution in [3.63, 3.8) is 0 Å². The molecule has 0 radical (unpaired) electrons. The van der Waals surface area contributed by atoms with E-state index in [9.17, 15) is 4.79 Å². The van der Waals surface area contributed by atoms with Gasteiger partial charge in [-0.25, -0.2) is 0 Å². The quantitative estimate of drug-likeness (QED) is 0.687. The first-order valence-electron chi connectivity index (χ1n) is 6.14. The Labute approximate surface area is 111 Å². The van der Waals surface area contributed by atoms with E-state index in [2.05, 4.69) is 29.8 Å². The molecule has 0 fully saturated rings. The Morgan fingerprint density at radius 1 is 1.29 bits per heavy atom. The van der Waals surface area contributed by atoms with Crippen molar-refractivity contribution in [1.82, 2.24) is 0 Å². The zero-order valence-electron chi connectivity index (χ0n) is 10.5. The van der Waals surface area contributed by atoms with E-state index in [0.29, 0.717) is 13.0 Å². The van der Waals surface area contributed by atoms with Gasteiger partial charge in [0.2, 0.25) is 0 Å². The molecule has 17 heavy (non-hydrogen) atoms. The second-order valence-electron chi connectivity index (χ2n) is 4.02. The molecule has 0 heterocycles. The van der Waals surface area contributed by atoms with E-state index in [1.165, 1.54) is 0 Å². The van der Waals surface area contributed by atoms with Crippen LogP contribution in [-0.2, 0) is 0 Å². The predicted molar refractivity (Wildman–Crippen MR) is 73.8 cm³/mol. The highest BCUT2D eigenvalue weighted by atomic mass is 79.9. The lowest BCUT2D eigenvalue weighted by Gasteiger charge is -2.08. The van der Waals surface area contributed by atoms with E-state index in [1.807, 2.05) is 18.2 Å². The van der Waals surface area contributed by atoms with Crippen molar-refractivity contribution in [1.29, 1.82) is 0 Å². The van der Waals surface area contributed by atoms with Crippen molar-refractivity contribution >= 4 is 21.7 Å². The van der Waals surface area contributed by atoms with Gasteiger partial charge in [0.1, 0.15) is 5.75 Å². The normalized spacial score (nSPS) is 10.3. The maximum Gasteiger partial charge on any atom is 0.162 e. The Bertz CT molecular complexity index is 374. The molecule has 0 amide bonds. The molecule has 0 aliphatic rings. The third kappa shape index (κ3) is 4.50. The lowest BCUT2D eigenvalue weighted by Crippen LogP contribution is -2.00. The fourth-order valence-electron chi connectivity index (χ4n) is 1.49. The molecule has 3 heteroatoms. The van der Waals surface area contributed by atoms with Crippen LogP contribution in [0.3, 0.4) is 0 Å². The van der Waals surface area contributed by atoms with Crippen LogP contribution in [0.1, 0.15) is 49.9 Å². The zero-order chi connectivity index (χ0) is 12.7. The van der Waals surface area contributed by atoms with Crippen LogP contribution in [0.15, 0.2) is 22.7 Å². The van der Waals surface area contributed by atoms with Crippen LogP contribution < -0.4 is 4.74 Å². The molecule has 0 aromatic heterocycles. The van der Waals surface area contributed by atoms with E-state index in [0.717, 1.165) is 35.0 Å². The van der Waals surface area contributed by atoms with Gasteiger partial charge >= 0.3 is 0 Å². The maximum absolute atomic E-state index is 11.8. The maximum atomic E-state index is 11.8. The topological polar surface area (TPSA) is 26.3 Å². The number of hydrogen-bond acceptors (Lipinski definition) is 2. The number of carbonyl (C=O) groups excluding carboxylic acids is 1. The Kier molecular flexibility index (Phi) is 6.27. The number of carbonyl (C=O) groups is 1. The fourth-order valence-corrected chi connectivity index (χ4v) is 1.98. The lowest BCUT2D eigenvalue weighted by atomic mass is 10.1. The van der Waals surface area contributed by atoms with Gasteiger partial charge in [0, 0.05) is 12.0 Å². The molecule has 0 saturated heterocycles. The number of Topliss-reactive ketones (excluding diaryl/α,β-unsaturated/α-hetero) is 1. The van der Waals surface area contributed by atoms with Crippen LogP contribution in [0, 0.1) is 0 Å². The highest BCUT2D eigenvalue weighted by Crippen LogP contribution is 2.26. The van der Waals surface area contributed by atoms with Crippen molar-refractivity contribution in [2.75, 3.05) is 6.61 Å². The first-order valence-corrected chi connectivity index (χ1v) is 6.93. The summed E-state index contributed by atoms with van der Waals surface area (Å²) in [4.78, 5) is 11.8. The standard InChI is InChI=1S/C14H19BrO2/c1-3-5-6-13(16)11-7-8-14(12(15)10-11)17-9-4-2/h7-8,10H,3-6,9H2,1-2H3. The molecule has 1 aromatic rings. The Morgan fingerprint density at radius 2 is 2.06 bits per heavy atom. The second-order valence-corrected chi connectivity index (χ2v) is 4.87. The van der Waals surface area contributed by atoms with E-state index in [4.69, 9.17) is 4.74 Å². The van der Waals surface area contributed by atoms with Gasteiger partial charge in [0.05, 0.1) is 11.1 Å². The minimum absolute atomic E-state index is 0.203. The molecular formula is C14H19BrO2. The van der Waals surface area contributed by atoms with Gasteiger partial charge in [-0.05, 0) is 47.0 Å². The van der Waals surface area contributed by atoms with Crippen molar-refractivity contribution in [2.45, 2.75) is 39.5 Å². The monoisotopic (exact) mass is 298 g/mol. The van der Waals surface area contributed by atoms with Crippen LogP contribution in [0.4, 0.5) is 0 Å². The Morgan fingerprint density at radius 3 is 2.65 bits per heavy atom. The molecule has 1 rings (SSSR count). The SMILES string of the molecule is CCCCC(=O)c1ccc(OCCC)c(Br)c1. The summed E-state index contributed by atoms with van der Waals surface area (Å²) in [6.45, 7) is 4.85. The molecule has 1 aromatic carbocycles. The van der Waals surface area contributed by atoms with Crippen LogP contribution in [0.2, 0.25) is 0 Å². The fraction of sp³-hybridized carbons (Fsp3) is 0.500. The summed E-state index contributed by atoms with van der Waals surface area (Å²) in [5.74, 6) is 1.01. The smallest absolute Gasteiger partial charge is 0.162 e. The van der Waals surface area contributed by atoms with Gasteiger partial charge in [-0.15, -0.1) is 0 Å². The summed E-state index contributed by atoms with van der Waals surface area (Å²) >= 11 is 3.44. The third-order valence-corrected chi connectivity index (χ3v) is 3.09. The first-order chi connectivity index (χ1) is 8.19. The third-order valence-electron chi connectivity index (χ3n) is 2.47. The second kappa shape index (κ2) is 7.49. The molecule has 0 aliphatic heterocycles. The van der Waals surface area contributed by atoms with Crippen molar-refractivity contribution in [2.24, 2.45) is 0 Å². The molecule has 0 bridgehead atoms. The molecule has 0 atom stereocenters. The molecule has 2 nitrogen and oxygen atoms in total. The van der Waals surface area contributed by atoms with Crippen LogP contribution in [0.5, 0.6) is 5.75 Å². The lowest BCUT2D eigenvalue weighted by molar-refractivity contribution is 0.0979. The van der Waals surface area contributed by atoms with Crippen molar-refractivity contribution in [3.05, 3.63) is 28.2 Å². The molecule has 0 aliphatic carbocycles. The van der Waals surface area contributed by atoms with Gasteiger partial charge in [-0.1, -0.05) is 20.3 Å². The minimum Gasteiger partial charge on any atom is -0.492 e. The summed E-state index contributed by atoms with van der Waals surface area (Å²) in [5, 5.41) is 0. The van der Waals surface area contributed by atoms with Crippen molar-refractivity contribution < 1.29 is 9.53 Å². The van der Waals surface area contributed by atoms with Gasteiger partial charge in [0.25, 0.3) is 0 Å². The van der Waals surface area contributed by atoms with Gasteiger partial charge in [0.15, 0.2) is 5.78 Å². The highest BCUT2D eigenvalue weighted by molar-refractivity contribution is 9.10. The summed E-state index contributed by atoms with van der Waals surface area (Å²) in [6, 6.07) is 5.55. The van der Waals surface area contributed by atoms with Crippen LogP contribution >= 0.6 is 15.9 Å². The van der Waals surface area contributed by atoms with E-state index in [-0.39, 0.29) is 5.78 Å². The van der Waals surface area contributed by atoms with E-state index in [1.54, 1.807) is 0 Å². The average molecular weight is 299 g/mol. The summed E-state index contributed by atoms with van der Waals surface area (Å²) in [5.41, 5.74) is 0.758. The van der Waals surface area contributed by atoms with Crippen LogP contribution in [-0.4, -0.2) is 12.4 Å². The van der Waals surface area contributed by atoms with Gasteiger partial charge in [-0.3, -0.25) is 4.79 Å². The van der Waals surface area contributed by atoms with E-state index < -0.39 is 0 Å². The molecule has 0 N–H and O–H groups in total. The zero-order valence-corrected chi connectivity index (χ0v) is 12.0. The number of unbranched alkanes of at least 4 members (excludes halogenated alkanes) is 1. The molecule has 94 valence electrons. The number of hydrogen-bond donors (Lipinski definition) is 0. The highest BCUT2D eigenvalue weighted by Gasteiger charge is 2.08. The van der Waals surface area contributed by atoms with Crippen LogP contribution in [0.25, 0.3) is 0 Å². The number of ketones is 1. The number of ether oxygens (including phenoxy) is 1. The van der Waals surface area contributed by atoms with E-state index >= 15 is 0 Å².